The first kappa shape index (κ1) is 13.5. The molecule has 0 amide bonds. The smallest absolute Gasteiger partial charge is 0.211 e. The minimum Gasteiger partial charge on any atom is -0.212 e. The molecule has 0 fully saturated rings. The molecule has 1 rings (SSSR count). The van der Waals surface area contributed by atoms with Crippen molar-refractivity contribution in [3.05, 3.63) is 34.9 Å². The summed E-state index contributed by atoms with van der Waals surface area (Å²) < 4.78 is 25.3. The van der Waals surface area contributed by atoms with E-state index in [2.05, 4.69) is 4.72 Å². The van der Waals surface area contributed by atoms with Gasteiger partial charge in [0.25, 0.3) is 0 Å². The van der Waals surface area contributed by atoms with Crippen LogP contribution in [0, 0.1) is 0 Å². The average Bonchev–Trinajstić information content (AvgIpc) is 2.21. The highest BCUT2D eigenvalue weighted by Crippen LogP contribution is 2.16. The second kappa shape index (κ2) is 5.66. The quantitative estimate of drug-likeness (QED) is 0.883. The zero-order chi connectivity index (χ0) is 12.2. The summed E-state index contributed by atoms with van der Waals surface area (Å²) in [6.45, 7) is 3.45. The van der Waals surface area contributed by atoms with Gasteiger partial charge in [-0.15, -0.1) is 0 Å². The third-order valence-corrected chi connectivity index (χ3v) is 4.14. The van der Waals surface area contributed by atoms with Gasteiger partial charge in [0, 0.05) is 11.1 Å². The monoisotopic (exact) mass is 261 g/mol. The Hall–Kier alpha value is -0.580. The highest BCUT2D eigenvalue weighted by atomic mass is 35.5. The lowest BCUT2D eigenvalue weighted by Gasteiger charge is -2.14. The van der Waals surface area contributed by atoms with Gasteiger partial charge >= 0.3 is 0 Å². The van der Waals surface area contributed by atoms with Gasteiger partial charge in [-0.05, 0) is 31.9 Å². The molecule has 5 heteroatoms. The van der Waals surface area contributed by atoms with Gasteiger partial charge in [-0.3, -0.25) is 0 Å². The van der Waals surface area contributed by atoms with Crippen LogP contribution in [0.3, 0.4) is 0 Å². The van der Waals surface area contributed by atoms with Crippen molar-refractivity contribution in [3.8, 4) is 0 Å². The number of sulfonamides is 1. The van der Waals surface area contributed by atoms with Crippen molar-refractivity contribution >= 4 is 21.6 Å². The molecule has 1 N–H and O–H groups in total. The molecular weight excluding hydrogens is 246 g/mol. The van der Waals surface area contributed by atoms with Crippen LogP contribution in [0.25, 0.3) is 0 Å². The number of rotatable bonds is 5. The minimum atomic E-state index is -3.14. The Kier molecular flexibility index (Phi) is 4.77. The Balaban J connectivity index is 2.66. The second-order valence-corrected chi connectivity index (χ2v) is 6.17. The van der Waals surface area contributed by atoms with Crippen molar-refractivity contribution in [2.24, 2.45) is 0 Å². The summed E-state index contributed by atoms with van der Waals surface area (Å²) in [5, 5.41) is 0.671. The molecule has 0 bridgehead atoms. The molecule has 0 spiro atoms. The summed E-state index contributed by atoms with van der Waals surface area (Å²) in [4.78, 5) is 0. The predicted octanol–water partition coefficient (Wildman–Crippen LogP) is 2.21. The highest BCUT2D eigenvalue weighted by molar-refractivity contribution is 7.89. The molecule has 1 atom stereocenters. The summed E-state index contributed by atoms with van der Waals surface area (Å²) in [7, 11) is -3.14. The highest BCUT2D eigenvalue weighted by Gasteiger charge is 2.13. The summed E-state index contributed by atoms with van der Waals surface area (Å²) >= 11 is 6.00. The SMILES string of the molecule is CCS(=O)(=O)N[C@@H](C)Cc1ccccc1Cl. The van der Waals surface area contributed by atoms with E-state index in [1.807, 2.05) is 25.1 Å². The van der Waals surface area contributed by atoms with Crippen molar-refractivity contribution in [1.82, 2.24) is 4.72 Å². The molecule has 16 heavy (non-hydrogen) atoms. The number of nitrogens with one attached hydrogen (secondary N) is 1. The molecule has 1 aromatic carbocycles. The van der Waals surface area contributed by atoms with Crippen LogP contribution in [0.2, 0.25) is 5.02 Å². The first-order chi connectivity index (χ1) is 7.44. The van der Waals surface area contributed by atoms with E-state index in [4.69, 9.17) is 11.6 Å². The predicted molar refractivity (Wildman–Crippen MR) is 67.2 cm³/mol. The van der Waals surface area contributed by atoms with Gasteiger partial charge in [0.15, 0.2) is 0 Å². The van der Waals surface area contributed by atoms with E-state index >= 15 is 0 Å². The molecule has 0 heterocycles. The second-order valence-electron chi connectivity index (χ2n) is 3.72. The fourth-order valence-corrected chi connectivity index (χ4v) is 2.50. The van der Waals surface area contributed by atoms with Crippen molar-refractivity contribution < 1.29 is 8.42 Å². The fraction of sp³-hybridized carbons (Fsp3) is 0.455. The maximum Gasteiger partial charge on any atom is 0.211 e. The molecule has 1 aromatic rings. The van der Waals surface area contributed by atoms with Crippen molar-refractivity contribution in [3.63, 3.8) is 0 Å². The van der Waals surface area contributed by atoms with Crippen molar-refractivity contribution in [2.75, 3.05) is 5.75 Å². The van der Waals surface area contributed by atoms with Crippen LogP contribution in [-0.2, 0) is 16.4 Å². The molecule has 0 radical (unpaired) electrons. The third-order valence-electron chi connectivity index (χ3n) is 2.24. The first-order valence-corrected chi connectivity index (χ1v) is 7.21. The maximum absolute atomic E-state index is 11.3. The number of hydrogen-bond donors (Lipinski definition) is 1. The van der Waals surface area contributed by atoms with E-state index < -0.39 is 10.0 Å². The summed E-state index contributed by atoms with van der Waals surface area (Å²) in [6, 6.07) is 7.30. The average molecular weight is 262 g/mol. The summed E-state index contributed by atoms with van der Waals surface area (Å²) in [5.41, 5.74) is 0.954. The lowest BCUT2D eigenvalue weighted by Crippen LogP contribution is -2.35. The summed E-state index contributed by atoms with van der Waals surface area (Å²) in [6.07, 6.45) is 0.596. The first-order valence-electron chi connectivity index (χ1n) is 5.18. The lowest BCUT2D eigenvalue weighted by molar-refractivity contribution is 0.561. The van der Waals surface area contributed by atoms with Crippen LogP contribution in [-0.4, -0.2) is 20.2 Å². The topological polar surface area (TPSA) is 46.2 Å². The van der Waals surface area contributed by atoms with E-state index in [0.717, 1.165) is 5.56 Å². The Morgan fingerprint density at radius 1 is 1.38 bits per heavy atom. The molecule has 0 aromatic heterocycles. The van der Waals surface area contributed by atoms with Crippen molar-refractivity contribution in [2.45, 2.75) is 26.3 Å². The largest absolute Gasteiger partial charge is 0.212 e. The molecule has 0 saturated carbocycles. The van der Waals surface area contributed by atoms with Gasteiger partial charge < -0.3 is 0 Å². The molecular formula is C11H16ClNO2S. The van der Waals surface area contributed by atoms with E-state index in [1.54, 1.807) is 13.0 Å². The van der Waals surface area contributed by atoms with E-state index in [9.17, 15) is 8.42 Å². The molecule has 0 aliphatic heterocycles. The standard InChI is InChI=1S/C11H16ClNO2S/c1-3-16(14,15)13-9(2)8-10-6-4-5-7-11(10)12/h4-7,9,13H,3,8H2,1-2H3/t9-/m0/s1. The normalized spacial score (nSPS) is 13.7. The minimum absolute atomic E-state index is 0.0971. The van der Waals surface area contributed by atoms with Crippen molar-refractivity contribution in [1.29, 1.82) is 0 Å². The Morgan fingerprint density at radius 2 is 2.00 bits per heavy atom. The fourth-order valence-electron chi connectivity index (χ4n) is 1.43. The maximum atomic E-state index is 11.3. The van der Waals surface area contributed by atoms with Crippen LogP contribution < -0.4 is 4.72 Å². The van der Waals surface area contributed by atoms with Gasteiger partial charge in [0.2, 0.25) is 10.0 Å². The molecule has 90 valence electrons. The number of halogens is 1. The van der Waals surface area contributed by atoms with Gasteiger partial charge in [0.1, 0.15) is 0 Å². The van der Waals surface area contributed by atoms with Crippen LogP contribution >= 0.6 is 11.6 Å². The molecule has 0 saturated heterocycles. The van der Waals surface area contributed by atoms with Crippen LogP contribution in [0.1, 0.15) is 19.4 Å². The van der Waals surface area contributed by atoms with Crippen LogP contribution in [0.5, 0.6) is 0 Å². The molecule has 0 unspecified atom stereocenters. The molecule has 0 aliphatic rings. The lowest BCUT2D eigenvalue weighted by atomic mass is 10.1. The van der Waals surface area contributed by atoms with E-state index in [0.29, 0.717) is 11.4 Å². The summed E-state index contributed by atoms with van der Waals surface area (Å²) in [5.74, 6) is 0.0971. The van der Waals surface area contributed by atoms with E-state index in [1.165, 1.54) is 0 Å². The van der Waals surface area contributed by atoms with Crippen LogP contribution in [0.4, 0.5) is 0 Å². The number of benzene rings is 1. The zero-order valence-corrected chi connectivity index (χ0v) is 11.0. The Bertz CT molecular complexity index is 445. The Labute approximate surface area is 102 Å². The van der Waals surface area contributed by atoms with Crippen LogP contribution in [0.15, 0.2) is 24.3 Å². The van der Waals surface area contributed by atoms with Gasteiger partial charge in [0.05, 0.1) is 5.75 Å². The molecule has 3 nitrogen and oxygen atoms in total. The molecule has 0 aliphatic carbocycles. The van der Waals surface area contributed by atoms with Gasteiger partial charge in [-0.1, -0.05) is 29.8 Å². The van der Waals surface area contributed by atoms with Gasteiger partial charge in [-0.25, -0.2) is 13.1 Å². The third kappa shape index (κ3) is 4.12. The Morgan fingerprint density at radius 3 is 2.56 bits per heavy atom. The van der Waals surface area contributed by atoms with Gasteiger partial charge in [-0.2, -0.15) is 0 Å². The van der Waals surface area contributed by atoms with E-state index in [-0.39, 0.29) is 11.8 Å². The number of hydrogen-bond acceptors (Lipinski definition) is 2. The zero-order valence-electron chi connectivity index (χ0n) is 9.40.